The highest BCUT2D eigenvalue weighted by atomic mass is 19.4. The van der Waals surface area contributed by atoms with Crippen LogP contribution in [0.4, 0.5) is 13.2 Å². The van der Waals surface area contributed by atoms with Gasteiger partial charge in [-0.3, -0.25) is 0 Å². The summed E-state index contributed by atoms with van der Waals surface area (Å²) in [7, 11) is 0. The molecule has 0 aliphatic rings. The average Bonchev–Trinajstić information content (AvgIpc) is 2.83. The van der Waals surface area contributed by atoms with Gasteiger partial charge in [0.15, 0.2) is 5.89 Å². The van der Waals surface area contributed by atoms with E-state index in [1.165, 1.54) is 12.1 Å². The number of aryl methyl sites for hydroxylation is 1. The molecule has 2 rings (SSSR count). The predicted molar refractivity (Wildman–Crippen MR) is 68.1 cm³/mol. The number of nitrogens with two attached hydrogens (primary N) is 1. The normalized spacial score (nSPS) is 11.8. The first-order valence-electron chi connectivity index (χ1n) is 6.29. The molecule has 0 unspecified atom stereocenters. The molecule has 2 N–H and O–H groups in total. The summed E-state index contributed by atoms with van der Waals surface area (Å²) in [5, 5.41) is 0. The zero-order chi connectivity index (χ0) is 14.6. The fourth-order valence-electron chi connectivity index (χ4n) is 1.94. The van der Waals surface area contributed by atoms with Gasteiger partial charge in [0.1, 0.15) is 5.76 Å². The molecule has 0 saturated heterocycles. The van der Waals surface area contributed by atoms with Crippen LogP contribution >= 0.6 is 0 Å². The standard InChI is InChI=1S/C14H15F3N2O/c15-14(16,17)12-6-2-1-4-10(12)8-13-19-9-11(20-13)5-3-7-18/h1-2,4,6,9H,3,5,7-8,18H2. The zero-order valence-electron chi connectivity index (χ0n) is 10.8. The third-order valence-corrected chi connectivity index (χ3v) is 2.89. The molecule has 6 heteroatoms. The summed E-state index contributed by atoms with van der Waals surface area (Å²) in [6.07, 6.45) is -1.40. The van der Waals surface area contributed by atoms with Crippen LogP contribution in [0.2, 0.25) is 0 Å². The summed E-state index contributed by atoms with van der Waals surface area (Å²) in [6.45, 7) is 0.535. The van der Waals surface area contributed by atoms with Gasteiger partial charge in [-0.1, -0.05) is 18.2 Å². The largest absolute Gasteiger partial charge is 0.445 e. The second-order valence-electron chi connectivity index (χ2n) is 4.44. The molecule has 0 fully saturated rings. The van der Waals surface area contributed by atoms with Crippen LogP contribution in [0.5, 0.6) is 0 Å². The lowest BCUT2D eigenvalue weighted by Gasteiger charge is -2.11. The Labute approximate surface area is 114 Å². The smallest absolute Gasteiger partial charge is 0.416 e. The van der Waals surface area contributed by atoms with E-state index >= 15 is 0 Å². The molecule has 0 spiro atoms. The van der Waals surface area contributed by atoms with Crippen molar-refractivity contribution in [2.45, 2.75) is 25.4 Å². The molecule has 0 bridgehead atoms. The highest BCUT2D eigenvalue weighted by Crippen LogP contribution is 2.32. The Balaban J connectivity index is 2.16. The molecule has 108 valence electrons. The van der Waals surface area contributed by atoms with Gasteiger partial charge in [0.2, 0.25) is 0 Å². The number of aromatic nitrogens is 1. The molecule has 0 amide bonds. The first-order valence-corrected chi connectivity index (χ1v) is 6.29. The first-order chi connectivity index (χ1) is 9.50. The van der Waals surface area contributed by atoms with Crippen molar-refractivity contribution in [1.29, 1.82) is 0 Å². The summed E-state index contributed by atoms with van der Waals surface area (Å²) in [5.41, 5.74) is 4.90. The third kappa shape index (κ3) is 3.60. The number of halogens is 3. The van der Waals surface area contributed by atoms with Crippen LogP contribution < -0.4 is 5.73 Å². The van der Waals surface area contributed by atoms with E-state index in [0.717, 1.165) is 12.5 Å². The highest BCUT2D eigenvalue weighted by Gasteiger charge is 2.33. The van der Waals surface area contributed by atoms with E-state index < -0.39 is 11.7 Å². The van der Waals surface area contributed by atoms with Crippen LogP contribution in [0.3, 0.4) is 0 Å². The van der Waals surface area contributed by atoms with Crippen molar-refractivity contribution in [3.05, 3.63) is 53.2 Å². The molecule has 0 atom stereocenters. The van der Waals surface area contributed by atoms with Crippen molar-refractivity contribution < 1.29 is 17.6 Å². The van der Waals surface area contributed by atoms with Crippen molar-refractivity contribution in [2.24, 2.45) is 5.73 Å². The van der Waals surface area contributed by atoms with E-state index in [2.05, 4.69) is 4.98 Å². The van der Waals surface area contributed by atoms with Crippen LogP contribution in [0.15, 0.2) is 34.9 Å². The molecule has 1 aromatic carbocycles. The van der Waals surface area contributed by atoms with Gasteiger partial charge in [-0.05, 0) is 24.6 Å². The number of hydrogen-bond donors (Lipinski definition) is 1. The van der Waals surface area contributed by atoms with Crippen LogP contribution in [-0.4, -0.2) is 11.5 Å². The van der Waals surface area contributed by atoms with Gasteiger partial charge in [0, 0.05) is 12.8 Å². The Morgan fingerprint density at radius 3 is 2.65 bits per heavy atom. The summed E-state index contributed by atoms with van der Waals surface area (Å²) in [6, 6.07) is 5.44. The Hall–Kier alpha value is -1.82. The maximum Gasteiger partial charge on any atom is 0.416 e. The lowest BCUT2D eigenvalue weighted by molar-refractivity contribution is -0.138. The Bertz CT molecular complexity index is 564. The topological polar surface area (TPSA) is 52.0 Å². The maximum atomic E-state index is 12.9. The fourth-order valence-corrected chi connectivity index (χ4v) is 1.94. The Morgan fingerprint density at radius 2 is 1.95 bits per heavy atom. The second-order valence-corrected chi connectivity index (χ2v) is 4.44. The van der Waals surface area contributed by atoms with E-state index in [-0.39, 0.29) is 17.9 Å². The van der Waals surface area contributed by atoms with Crippen LogP contribution in [0.1, 0.15) is 29.2 Å². The SMILES string of the molecule is NCCCc1cnc(Cc2ccccc2C(F)(F)F)o1. The first kappa shape index (κ1) is 14.6. The van der Waals surface area contributed by atoms with Crippen molar-refractivity contribution in [2.75, 3.05) is 6.54 Å². The van der Waals surface area contributed by atoms with Gasteiger partial charge in [-0.15, -0.1) is 0 Å². The van der Waals surface area contributed by atoms with Gasteiger partial charge in [-0.25, -0.2) is 4.98 Å². The molecule has 2 aromatic rings. The highest BCUT2D eigenvalue weighted by molar-refractivity contribution is 5.31. The minimum Gasteiger partial charge on any atom is -0.445 e. The van der Waals surface area contributed by atoms with E-state index in [4.69, 9.17) is 10.2 Å². The lowest BCUT2D eigenvalue weighted by atomic mass is 10.0. The lowest BCUT2D eigenvalue weighted by Crippen LogP contribution is -2.09. The third-order valence-electron chi connectivity index (χ3n) is 2.89. The number of rotatable bonds is 5. The van der Waals surface area contributed by atoms with Gasteiger partial charge >= 0.3 is 6.18 Å². The number of hydrogen-bond acceptors (Lipinski definition) is 3. The summed E-state index contributed by atoms with van der Waals surface area (Å²) in [5.74, 6) is 0.934. The van der Waals surface area contributed by atoms with Crippen molar-refractivity contribution >= 4 is 0 Å². The monoisotopic (exact) mass is 284 g/mol. The number of oxazole rings is 1. The van der Waals surface area contributed by atoms with Gasteiger partial charge < -0.3 is 10.2 Å². The zero-order valence-corrected chi connectivity index (χ0v) is 10.8. The number of alkyl halides is 3. The van der Waals surface area contributed by atoms with Crippen molar-refractivity contribution in [1.82, 2.24) is 4.98 Å². The molecule has 20 heavy (non-hydrogen) atoms. The molecule has 0 saturated carbocycles. The summed E-state index contributed by atoms with van der Waals surface area (Å²) >= 11 is 0. The summed E-state index contributed by atoms with van der Waals surface area (Å²) in [4.78, 5) is 4.01. The average molecular weight is 284 g/mol. The van der Waals surface area contributed by atoms with Gasteiger partial charge in [-0.2, -0.15) is 13.2 Å². The molecular formula is C14H15F3N2O. The molecule has 0 aliphatic heterocycles. The molecular weight excluding hydrogens is 269 g/mol. The van der Waals surface area contributed by atoms with E-state index in [9.17, 15) is 13.2 Å². The molecule has 1 aromatic heterocycles. The number of nitrogens with zero attached hydrogens (tertiary/aromatic N) is 1. The fraction of sp³-hybridized carbons (Fsp3) is 0.357. The van der Waals surface area contributed by atoms with Gasteiger partial charge in [0.25, 0.3) is 0 Å². The second kappa shape index (κ2) is 6.09. The number of benzene rings is 1. The quantitative estimate of drug-likeness (QED) is 0.917. The van der Waals surface area contributed by atoms with Crippen molar-refractivity contribution in [3.63, 3.8) is 0 Å². The minimum atomic E-state index is -4.37. The minimum absolute atomic E-state index is 0.0261. The van der Waals surface area contributed by atoms with Crippen LogP contribution in [0, 0.1) is 0 Å². The molecule has 3 nitrogen and oxygen atoms in total. The Kier molecular flexibility index (Phi) is 4.44. The predicted octanol–water partition coefficient (Wildman–Crippen LogP) is 3.18. The van der Waals surface area contributed by atoms with Crippen molar-refractivity contribution in [3.8, 4) is 0 Å². The van der Waals surface area contributed by atoms with E-state index in [0.29, 0.717) is 18.7 Å². The van der Waals surface area contributed by atoms with Crippen LogP contribution in [-0.2, 0) is 19.0 Å². The molecule has 1 heterocycles. The van der Waals surface area contributed by atoms with E-state index in [1.54, 1.807) is 12.3 Å². The molecule has 0 radical (unpaired) electrons. The van der Waals surface area contributed by atoms with Gasteiger partial charge in [0.05, 0.1) is 11.8 Å². The van der Waals surface area contributed by atoms with E-state index in [1.807, 2.05) is 0 Å². The molecule has 0 aliphatic carbocycles. The Morgan fingerprint density at radius 1 is 1.20 bits per heavy atom. The summed E-state index contributed by atoms with van der Waals surface area (Å²) < 4.78 is 44.0. The van der Waals surface area contributed by atoms with Crippen LogP contribution in [0.25, 0.3) is 0 Å². The maximum absolute atomic E-state index is 12.9.